The Balaban J connectivity index is 2.11. The number of aryl methyl sites for hydroxylation is 3. The molecule has 2 heteroatoms. The molecule has 0 fully saturated rings. The van der Waals surface area contributed by atoms with Crippen molar-refractivity contribution in [3.63, 3.8) is 0 Å². The summed E-state index contributed by atoms with van der Waals surface area (Å²) in [6, 6.07) is 11.1. The number of nitrogens with one attached hydrogen (secondary N) is 1. The molecule has 1 unspecified atom stereocenters. The van der Waals surface area contributed by atoms with Gasteiger partial charge in [-0.05, 0) is 56.5 Å². The SMILES string of the molecule is CCCNC(CCc1ccco1)c1cc(C)ccc1C. The van der Waals surface area contributed by atoms with Gasteiger partial charge in [0.25, 0.3) is 0 Å². The van der Waals surface area contributed by atoms with Gasteiger partial charge in [0.05, 0.1) is 6.26 Å². The lowest BCUT2D eigenvalue weighted by atomic mass is 9.95. The molecule has 0 amide bonds. The van der Waals surface area contributed by atoms with Gasteiger partial charge in [0.2, 0.25) is 0 Å². The maximum atomic E-state index is 5.45. The molecule has 20 heavy (non-hydrogen) atoms. The number of rotatable bonds is 7. The lowest BCUT2D eigenvalue weighted by molar-refractivity contribution is 0.451. The standard InChI is InChI=1S/C18H25NO/c1-4-11-19-18(10-9-16-6-5-12-20-16)17-13-14(2)7-8-15(17)3/h5-8,12-13,18-19H,4,9-11H2,1-3H3. The van der Waals surface area contributed by atoms with Crippen LogP contribution in [-0.2, 0) is 6.42 Å². The van der Waals surface area contributed by atoms with E-state index in [-0.39, 0.29) is 0 Å². The van der Waals surface area contributed by atoms with E-state index in [4.69, 9.17) is 4.42 Å². The zero-order chi connectivity index (χ0) is 14.4. The average molecular weight is 271 g/mol. The third kappa shape index (κ3) is 3.97. The van der Waals surface area contributed by atoms with Gasteiger partial charge in [0.1, 0.15) is 5.76 Å². The molecule has 0 bridgehead atoms. The highest BCUT2D eigenvalue weighted by Gasteiger charge is 2.14. The first-order valence-electron chi connectivity index (χ1n) is 7.53. The molecule has 1 aromatic heterocycles. The van der Waals surface area contributed by atoms with Crippen LogP contribution in [0, 0.1) is 13.8 Å². The molecule has 0 spiro atoms. The van der Waals surface area contributed by atoms with Crippen molar-refractivity contribution in [2.45, 2.75) is 46.1 Å². The van der Waals surface area contributed by atoms with Crippen LogP contribution in [0.5, 0.6) is 0 Å². The Morgan fingerprint density at radius 1 is 1.20 bits per heavy atom. The monoisotopic (exact) mass is 271 g/mol. The summed E-state index contributed by atoms with van der Waals surface area (Å²) in [5.41, 5.74) is 4.11. The van der Waals surface area contributed by atoms with Crippen LogP contribution >= 0.6 is 0 Å². The fourth-order valence-electron chi connectivity index (χ4n) is 2.56. The van der Waals surface area contributed by atoms with Gasteiger partial charge >= 0.3 is 0 Å². The van der Waals surface area contributed by atoms with E-state index in [1.54, 1.807) is 6.26 Å². The van der Waals surface area contributed by atoms with Crippen LogP contribution in [0.4, 0.5) is 0 Å². The van der Waals surface area contributed by atoms with E-state index in [1.165, 1.54) is 16.7 Å². The molecule has 1 aromatic carbocycles. The smallest absolute Gasteiger partial charge is 0.103 e. The quantitative estimate of drug-likeness (QED) is 0.798. The lowest BCUT2D eigenvalue weighted by Crippen LogP contribution is -2.23. The summed E-state index contributed by atoms with van der Waals surface area (Å²) < 4.78 is 5.45. The predicted octanol–water partition coefficient (Wildman–Crippen LogP) is 4.57. The Morgan fingerprint density at radius 2 is 2.05 bits per heavy atom. The van der Waals surface area contributed by atoms with Crippen molar-refractivity contribution in [2.75, 3.05) is 6.54 Å². The molecule has 1 N–H and O–H groups in total. The van der Waals surface area contributed by atoms with Gasteiger partial charge in [-0.2, -0.15) is 0 Å². The van der Waals surface area contributed by atoms with Gasteiger partial charge in [0.15, 0.2) is 0 Å². The average Bonchev–Trinajstić information content (AvgIpc) is 2.95. The van der Waals surface area contributed by atoms with E-state index in [0.717, 1.165) is 31.6 Å². The fraction of sp³-hybridized carbons (Fsp3) is 0.444. The molecule has 108 valence electrons. The third-order valence-electron chi connectivity index (χ3n) is 3.71. The Bertz CT molecular complexity index is 516. The van der Waals surface area contributed by atoms with Gasteiger partial charge < -0.3 is 9.73 Å². The van der Waals surface area contributed by atoms with Gasteiger partial charge in [-0.3, -0.25) is 0 Å². The van der Waals surface area contributed by atoms with E-state index >= 15 is 0 Å². The molecule has 0 saturated carbocycles. The molecule has 2 rings (SSSR count). The van der Waals surface area contributed by atoms with Crippen molar-refractivity contribution in [3.8, 4) is 0 Å². The zero-order valence-corrected chi connectivity index (χ0v) is 12.8. The normalized spacial score (nSPS) is 12.6. The van der Waals surface area contributed by atoms with E-state index in [1.807, 2.05) is 6.07 Å². The van der Waals surface area contributed by atoms with Crippen molar-refractivity contribution in [1.29, 1.82) is 0 Å². The van der Waals surface area contributed by atoms with Gasteiger partial charge in [-0.15, -0.1) is 0 Å². The summed E-state index contributed by atoms with van der Waals surface area (Å²) in [6.45, 7) is 7.62. The minimum atomic E-state index is 0.403. The van der Waals surface area contributed by atoms with E-state index in [2.05, 4.69) is 50.4 Å². The summed E-state index contributed by atoms with van der Waals surface area (Å²) in [5, 5.41) is 3.67. The van der Waals surface area contributed by atoms with Gasteiger partial charge in [0, 0.05) is 12.5 Å². The number of hydrogen-bond donors (Lipinski definition) is 1. The zero-order valence-electron chi connectivity index (χ0n) is 12.8. The van der Waals surface area contributed by atoms with E-state index in [0.29, 0.717) is 6.04 Å². The van der Waals surface area contributed by atoms with Crippen LogP contribution < -0.4 is 5.32 Å². The predicted molar refractivity (Wildman–Crippen MR) is 84.0 cm³/mol. The van der Waals surface area contributed by atoms with Crippen LogP contribution in [0.1, 0.15) is 48.3 Å². The van der Waals surface area contributed by atoms with Crippen LogP contribution in [0.3, 0.4) is 0 Å². The molecule has 0 radical (unpaired) electrons. The second-order valence-corrected chi connectivity index (χ2v) is 5.48. The summed E-state index contributed by atoms with van der Waals surface area (Å²) in [7, 11) is 0. The van der Waals surface area contributed by atoms with Gasteiger partial charge in [-0.1, -0.05) is 30.7 Å². The second kappa shape index (κ2) is 7.30. The highest BCUT2D eigenvalue weighted by molar-refractivity contribution is 5.33. The fourth-order valence-corrected chi connectivity index (χ4v) is 2.56. The highest BCUT2D eigenvalue weighted by atomic mass is 16.3. The minimum absolute atomic E-state index is 0.403. The largest absolute Gasteiger partial charge is 0.469 e. The Morgan fingerprint density at radius 3 is 2.75 bits per heavy atom. The summed E-state index contributed by atoms with van der Waals surface area (Å²) >= 11 is 0. The molecule has 1 atom stereocenters. The molecule has 2 aromatic rings. The summed E-state index contributed by atoms with van der Waals surface area (Å²) in [5.74, 6) is 1.07. The Labute approximate surface area is 122 Å². The van der Waals surface area contributed by atoms with Crippen molar-refractivity contribution in [1.82, 2.24) is 5.32 Å². The summed E-state index contributed by atoms with van der Waals surface area (Å²) in [4.78, 5) is 0. The first kappa shape index (κ1) is 14.9. The molecular formula is C18H25NO. The van der Waals surface area contributed by atoms with Crippen molar-refractivity contribution in [3.05, 3.63) is 59.0 Å². The topological polar surface area (TPSA) is 25.2 Å². The summed E-state index contributed by atoms with van der Waals surface area (Å²) in [6.07, 6.45) is 4.95. The maximum absolute atomic E-state index is 5.45. The first-order chi connectivity index (χ1) is 9.70. The molecule has 0 aliphatic carbocycles. The van der Waals surface area contributed by atoms with Crippen molar-refractivity contribution >= 4 is 0 Å². The van der Waals surface area contributed by atoms with Crippen molar-refractivity contribution < 1.29 is 4.42 Å². The highest BCUT2D eigenvalue weighted by Crippen LogP contribution is 2.24. The molecule has 0 aliphatic rings. The molecule has 0 aliphatic heterocycles. The van der Waals surface area contributed by atoms with Crippen LogP contribution in [0.2, 0.25) is 0 Å². The second-order valence-electron chi connectivity index (χ2n) is 5.48. The van der Waals surface area contributed by atoms with E-state index < -0.39 is 0 Å². The maximum Gasteiger partial charge on any atom is 0.103 e. The molecular weight excluding hydrogens is 246 g/mol. The van der Waals surface area contributed by atoms with Crippen LogP contribution in [0.25, 0.3) is 0 Å². The van der Waals surface area contributed by atoms with E-state index in [9.17, 15) is 0 Å². The molecule has 2 nitrogen and oxygen atoms in total. The van der Waals surface area contributed by atoms with Crippen LogP contribution in [0.15, 0.2) is 41.0 Å². The molecule has 0 saturated heterocycles. The van der Waals surface area contributed by atoms with Crippen molar-refractivity contribution in [2.24, 2.45) is 0 Å². The minimum Gasteiger partial charge on any atom is -0.469 e. The number of furan rings is 1. The van der Waals surface area contributed by atoms with Gasteiger partial charge in [-0.25, -0.2) is 0 Å². The number of hydrogen-bond acceptors (Lipinski definition) is 2. The molecule has 1 heterocycles. The lowest BCUT2D eigenvalue weighted by Gasteiger charge is -2.21. The Kier molecular flexibility index (Phi) is 5.42. The first-order valence-corrected chi connectivity index (χ1v) is 7.53. The number of benzene rings is 1. The third-order valence-corrected chi connectivity index (χ3v) is 3.71. The van der Waals surface area contributed by atoms with Crippen LogP contribution in [-0.4, -0.2) is 6.54 Å². The Hall–Kier alpha value is -1.54.